The predicted molar refractivity (Wildman–Crippen MR) is 117 cm³/mol. The van der Waals surface area contributed by atoms with Gasteiger partial charge in [0.05, 0.1) is 5.75 Å². The molecule has 2 aromatic heterocycles. The smallest absolute Gasteiger partial charge is 0.233 e. The van der Waals surface area contributed by atoms with Gasteiger partial charge >= 0.3 is 0 Å². The summed E-state index contributed by atoms with van der Waals surface area (Å²) in [5.74, 6) is 1.01. The Morgan fingerprint density at radius 2 is 1.90 bits per heavy atom. The lowest BCUT2D eigenvalue weighted by Gasteiger charge is -2.36. The number of hydrogen-bond acceptors (Lipinski definition) is 6. The standard InChI is InChI=1S/C21H23FN4OS2/c1-3-17-12-18-20(23-14(2)24-21(18)29-17)28-13-19(27)26-10-8-25(9-11-26)16-6-4-15(22)5-7-16/h4-7,12H,3,8-11,13H2,1-2H3. The number of anilines is 1. The van der Waals surface area contributed by atoms with Crippen LogP contribution >= 0.6 is 23.1 Å². The van der Waals surface area contributed by atoms with Gasteiger partial charge in [-0.3, -0.25) is 4.79 Å². The lowest BCUT2D eigenvalue weighted by molar-refractivity contribution is -0.128. The second kappa shape index (κ2) is 8.67. The highest BCUT2D eigenvalue weighted by molar-refractivity contribution is 8.00. The zero-order chi connectivity index (χ0) is 20.4. The number of thiophene rings is 1. The number of carbonyl (C=O) groups is 1. The fraction of sp³-hybridized carbons (Fsp3) is 0.381. The molecule has 0 spiro atoms. The Kier molecular flexibility index (Phi) is 6.01. The minimum atomic E-state index is -0.231. The van der Waals surface area contributed by atoms with Crippen molar-refractivity contribution in [2.24, 2.45) is 0 Å². The quantitative estimate of drug-likeness (QED) is 0.450. The summed E-state index contributed by atoms with van der Waals surface area (Å²) >= 11 is 3.20. The van der Waals surface area contributed by atoms with Crippen LogP contribution in [0.3, 0.4) is 0 Å². The lowest BCUT2D eigenvalue weighted by Crippen LogP contribution is -2.49. The zero-order valence-electron chi connectivity index (χ0n) is 16.5. The number of hydrogen-bond donors (Lipinski definition) is 0. The molecule has 4 rings (SSSR count). The Hall–Kier alpha value is -2.19. The Bertz CT molecular complexity index is 1010. The van der Waals surface area contributed by atoms with Crippen molar-refractivity contribution < 1.29 is 9.18 Å². The highest BCUT2D eigenvalue weighted by Crippen LogP contribution is 2.32. The average Bonchev–Trinajstić information content (AvgIpc) is 3.15. The van der Waals surface area contributed by atoms with Crippen molar-refractivity contribution in [3.8, 4) is 0 Å². The maximum Gasteiger partial charge on any atom is 0.233 e. The summed E-state index contributed by atoms with van der Waals surface area (Å²) in [5.41, 5.74) is 0.996. The van der Waals surface area contributed by atoms with E-state index in [1.165, 1.54) is 28.8 Å². The average molecular weight is 431 g/mol. The fourth-order valence-electron chi connectivity index (χ4n) is 3.42. The van der Waals surface area contributed by atoms with Gasteiger partial charge in [-0.2, -0.15) is 0 Å². The maximum absolute atomic E-state index is 13.1. The van der Waals surface area contributed by atoms with Gasteiger partial charge in [0.15, 0.2) is 0 Å². The molecule has 0 bridgehead atoms. The molecule has 3 heterocycles. The van der Waals surface area contributed by atoms with E-state index in [1.807, 2.05) is 11.8 Å². The molecule has 0 aliphatic carbocycles. The van der Waals surface area contributed by atoms with Crippen LogP contribution < -0.4 is 4.90 Å². The Balaban J connectivity index is 1.36. The summed E-state index contributed by atoms with van der Waals surface area (Å²) in [7, 11) is 0. The Morgan fingerprint density at radius 1 is 1.17 bits per heavy atom. The number of thioether (sulfide) groups is 1. The van der Waals surface area contributed by atoms with Gasteiger partial charge in [0.2, 0.25) is 5.91 Å². The second-order valence-electron chi connectivity index (χ2n) is 6.99. The summed E-state index contributed by atoms with van der Waals surface area (Å²) in [6.45, 7) is 6.88. The molecule has 0 N–H and O–H groups in total. The lowest BCUT2D eigenvalue weighted by atomic mass is 10.2. The molecular formula is C21H23FN4OS2. The first kappa shape index (κ1) is 20.1. The summed E-state index contributed by atoms with van der Waals surface area (Å²) < 4.78 is 13.1. The van der Waals surface area contributed by atoms with Crippen molar-refractivity contribution in [1.82, 2.24) is 14.9 Å². The molecule has 1 aliphatic heterocycles. The molecule has 0 saturated carbocycles. The third kappa shape index (κ3) is 4.53. The van der Waals surface area contributed by atoms with E-state index < -0.39 is 0 Å². The van der Waals surface area contributed by atoms with Crippen LogP contribution in [0, 0.1) is 12.7 Å². The molecule has 1 fully saturated rings. The van der Waals surface area contributed by atoms with E-state index in [1.54, 1.807) is 23.5 Å². The molecule has 1 aliphatic rings. The first-order valence-electron chi connectivity index (χ1n) is 9.71. The molecular weight excluding hydrogens is 407 g/mol. The van der Waals surface area contributed by atoms with Gasteiger partial charge in [0.1, 0.15) is 21.5 Å². The number of fused-ring (bicyclic) bond motifs is 1. The normalized spacial score (nSPS) is 14.6. The van der Waals surface area contributed by atoms with Gasteiger partial charge in [-0.1, -0.05) is 18.7 Å². The number of halogens is 1. The molecule has 29 heavy (non-hydrogen) atoms. The zero-order valence-corrected chi connectivity index (χ0v) is 18.2. The molecule has 1 saturated heterocycles. The summed E-state index contributed by atoms with van der Waals surface area (Å²) in [6.07, 6.45) is 0.974. The summed E-state index contributed by atoms with van der Waals surface area (Å²) in [4.78, 5) is 28.2. The monoisotopic (exact) mass is 430 g/mol. The van der Waals surface area contributed by atoms with Gasteiger partial charge < -0.3 is 9.80 Å². The van der Waals surface area contributed by atoms with Crippen LogP contribution in [0.1, 0.15) is 17.6 Å². The molecule has 152 valence electrons. The third-order valence-electron chi connectivity index (χ3n) is 5.03. The number of aryl methyl sites for hydroxylation is 2. The van der Waals surface area contributed by atoms with E-state index in [4.69, 9.17) is 0 Å². The van der Waals surface area contributed by atoms with Crippen molar-refractivity contribution in [2.45, 2.75) is 25.3 Å². The third-order valence-corrected chi connectivity index (χ3v) is 7.17. The second-order valence-corrected chi connectivity index (χ2v) is 9.07. The molecule has 8 heteroatoms. The number of amides is 1. The highest BCUT2D eigenvalue weighted by atomic mass is 32.2. The topological polar surface area (TPSA) is 49.3 Å². The molecule has 3 aromatic rings. The summed E-state index contributed by atoms with van der Waals surface area (Å²) in [6, 6.07) is 8.67. The number of nitrogens with zero attached hydrogens (tertiary/aromatic N) is 4. The first-order valence-corrected chi connectivity index (χ1v) is 11.5. The van der Waals surface area contributed by atoms with Gasteiger partial charge in [0, 0.05) is 42.1 Å². The van der Waals surface area contributed by atoms with Gasteiger partial charge in [-0.15, -0.1) is 11.3 Å². The number of benzene rings is 1. The minimum absolute atomic E-state index is 0.129. The maximum atomic E-state index is 13.1. The van der Waals surface area contributed by atoms with Crippen LogP contribution in [0.15, 0.2) is 35.4 Å². The first-order chi connectivity index (χ1) is 14.0. The van der Waals surface area contributed by atoms with Crippen LogP contribution in [-0.2, 0) is 11.2 Å². The minimum Gasteiger partial charge on any atom is -0.368 e. The van der Waals surface area contributed by atoms with Crippen LogP contribution in [0.25, 0.3) is 10.2 Å². The summed E-state index contributed by atoms with van der Waals surface area (Å²) in [5, 5.41) is 1.94. The number of aromatic nitrogens is 2. The van der Waals surface area contributed by atoms with E-state index in [9.17, 15) is 9.18 Å². The van der Waals surface area contributed by atoms with Crippen molar-refractivity contribution in [3.05, 3.63) is 46.9 Å². The van der Waals surface area contributed by atoms with E-state index in [2.05, 4.69) is 27.9 Å². The largest absolute Gasteiger partial charge is 0.368 e. The van der Waals surface area contributed by atoms with Crippen molar-refractivity contribution in [3.63, 3.8) is 0 Å². The number of piperazine rings is 1. The molecule has 5 nitrogen and oxygen atoms in total. The van der Waals surface area contributed by atoms with Crippen molar-refractivity contribution >= 4 is 44.9 Å². The fourth-order valence-corrected chi connectivity index (χ4v) is 5.45. The molecule has 1 aromatic carbocycles. The molecule has 0 unspecified atom stereocenters. The predicted octanol–water partition coefficient (Wildman–Crippen LogP) is 4.14. The van der Waals surface area contributed by atoms with E-state index in [0.717, 1.165) is 46.3 Å². The molecule has 0 atom stereocenters. The van der Waals surface area contributed by atoms with Crippen LogP contribution in [0.2, 0.25) is 0 Å². The van der Waals surface area contributed by atoms with Crippen molar-refractivity contribution in [1.29, 1.82) is 0 Å². The Labute approximate surface area is 177 Å². The van der Waals surface area contributed by atoms with Gasteiger partial charge in [-0.05, 0) is 43.7 Å². The van der Waals surface area contributed by atoms with E-state index >= 15 is 0 Å². The Morgan fingerprint density at radius 3 is 2.59 bits per heavy atom. The van der Waals surface area contributed by atoms with Gasteiger partial charge in [-0.25, -0.2) is 14.4 Å². The SMILES string of the molecule is CCc1cc2c(SCC(=O)N3CCN(c4ccc(F)cc4)CC3)nc(C)nc2s1. The van der Waals surface area contributed by atoms with Crippen LogP contribution in [0.4, 0.5) is 10.1 Å². The number of rotatable bonds is 5. The highest BCUT2D eigenvalue weighted by Gasteiger charge is 2.22. The molecule has 1 amide bonds. The van der Waals surface area contributed by atoms with Crippen LogP contribution in [0.5, 0.6) is 0 Å². The van der Waals surface area contributed by atoms with Crippen molar-refractivity contribution in [2.75, 3.05) is 36.8 Å². The van der Waals surface area contributed by atoms with E-state index in [-0.39, 0.29) is 11.7 Å². The number of carbonyl (C=O) groups excluding carboxylic acids is 1. The van der Waals surface area contributed by atoms with Gasteiger partial charge in [0.25, 0.3) is 0 Å². The van der Waals surface area contributed by atoms with Crippen LogP contribution in [-0.4, -0.2) is 52.7 Å². The molecule has 0 radical (unpaired) electrons. The van der Waals surface area contributed by atoms with E-state index in [0.29, 0.717) is 18.8 Å².